The van der Waals surface area contributed by atoms with Crippen LogP contribution in [0, 0.1) is 5.92 Å². The van der Waals surface area contributed by atoms with Crippen LogP contribution >= 0.6 is 0 Å². The molecule has 0 fully saturated rings. The molecule has 1 heterocycles. The second-order valence-electron chi connectivity index (χ2n) is 5.13. The Morgan fingerprint density at radius 3 is 2.72 bits per heavy atom. The summed E-state index contributed by atoms with van der Waals surface area (Å²) in [6.45, 7) is 7.97. The van der Waals surface area contributed by atoms with E-state index in [0.29, 0.717) is 18.3 Å². The molecule has 0 N–H and O–H groups in total. The number of ether oxygens (including phenoxy) is 1. The Labute approximate surface area is 110 Å². The van der Waals surface area contributed by atoms with Crippen molar-refractivity contribution in [3.05, 3.63) is 28.7 Å². The third kappa shape index (κ3) is 5.39. The van der Waals surface area contributed by atoms with E-state index in [1.165, 1.54) is 12.8 Å². The van der Waals surface area contributed by atoms with Gasteiger partial charge in [0.1, 0.15) is 5.75 Å². The molecule has 1 aromatic rings. The molecule has 0 aliphatic carbocycles. The summed E-state index contributed by atoms with van der Waals surface area (Å²) in [5, 5.41) is 0. The van der Waals surface area contributed by atoms with Gasteiger partial charge >= 0.3 is 0 Å². The first-order valence-electron chi connectivity index (χ1n) is 6.96. The molecule has 0 aromatic carbocycles. The normalized spacial score (nSPS) is 10.9. The van der Waals surface area contributed by atoms with Crippen molar-refractivity contribution in [1.82, 2.24) is 4.57 Å². The molecule has 0 radical (unpaired) electrons. The lowest BCUT2D eigenvalue weighted by Gasteiger charge is -2.09. The van der Waals surface area contributed by atoms with E-state index in [1.54, 1.807) is 10.6 Å². The second kappa shape index (κ2) is 7.96. The van der Waals surface area contributed by atoms with Crippen LogP contribution in [-0.2, 0) is 6.54 Å². The number of rotatable bonds is 8. The lowest BCUT2D eigenvalue weighted by molar-refractivity contribution is 0.305. The smallest absolute Gasteiger partial charge is 0.254 e. The molecule has 18 heavy (non-hydrogen) atoms. The van der Waals surface area contributed by atoms with Gasteiger partial charge < -0.3 is 9.30 Å². The van der Waals surface area contributed by atoms with Crippen LogP contribution in [0.25, 0.3) is 0 Å². The fraction of sp³-hybridized carbons (Fsp3) is 0.667. The van der Waals surface area contributed by atoms with Crippen molar-refractivity contribution in [3.63, 3.8) is 0 Å². The van der Waals surface area contributed by atoms with Gasteiger partial charge in [0.05, 0.1) is 6.61 Å². The van der Waals surface area contributed by atoms with Gasteiger partial charge in [-0.05, 0) is 24.8 Å². The molecular formula is C15H25NO2. The minimum atomic E-state index is 0.0311. The first-order valence-corrected chi connectivity index (χ1v) is 6.96. The monoisotopic (exact) mass is 251 g/mol. The largest absolute Gasteiger partial charge is 0.493 e. The lowest BCUT2D eigenvalue weighted by atomic mass is 10.1. The van der Waals surface area contributed by atoms with Crippen LogP contribution in [0.15, 0.2) is 23.1 Å². The van der Waals surface area contributed by atoms with Crippen LogP contribution in [0.3, 0.4) is 0 Å². The summed E-state index contributed by atoms with van der Waals surface area (Å²) >= 11 is 0. The summed E-state index contributed by atoms with van der Waals surface area (Å²) < 4.78 is 7.31. The van der Waals surface area contributed by atoms with Crippen LogP contribution < -0.4 is 10.3 Å². The van der Waals surface area contributed by atoms with Crippen LogP contribution in [0.1, 0.15) is 46.5 Å². The third-order valence-corrected chi connectivity index (χ3v) is 2.93. The number of aryl methyl sites for hydroxylation is 1. The molecular weight excluding hydrogens is 226 g/mol. The SMILES string of the molecule is CCCCCOc1ccn(CCC(C)C)c(=O)c1. The molecule has 0 aliphatic rings. The van der Waals surface area contributed by atoms with E-state index >= 15 is 0 Å². The molecule has 3 nitrogen and oxygen atoms in total. The molecule has 102 valence electrons. The van der Waals surface area contributed by atoms with Gasteiger partial charge in [0, 0.05) is 18.8 Å². The topological polar surface area (TPSA) is 31.2 Å². The zero-order valence-electron chi connectivity index (χ0n) is 11.8. The Bertz CT molecular complexity index is 396. The molecule has 0 saturated carbocycles. The summed E-state index contributed by atoms with van der Waals surface area (Å²) in [7, 11) is 0. The Kier molecular flexibility index (Phi) is 6.55. The summed E-state index contributed by atoms with van der Waals surface area (Å²) in [5.74, 6) is 1.30. The molecule has 0 aliphatic heterocycles. The molecule has 3 heteroatoms. The maximum absolute atomic E-state index is 11.8. The summed E-state index contributed by atoms with van der Waals surface area (Å²) in [6, 6.07) is 3.47. The van der Waals surface area contributed by atoms with E-state index in [9.17, 15) is 4.79 Å². The highest BCUT2D eigenvalue weighted by molar-refractivity contribution is 5.17. The van der Waals surface area contributed by atoms with Gasteiger partial charge in [-0.15, -0.1) is 0 Å². The van der Waals surface area contributed by atoms with Crippen molar-refractivity contribution >= 4 is 0 Å². The minimum absolute atomic E-state index is 0.0311. The second-order valence-corrected chi connectivity index (χ2v) is 5.13. The van der Waals surface area contributed by atoms with Crippen LogP contribution in [0.2, 0.25) is 0 Å². The van der Waals surface area contributed by atoms with E-state index in [1.807, 2.05) is 12.3 Å². The summed E-state index contributed by atoms with van der Waals surface area (Å²) in [4.78, 5) is 11.8. The molecule has 0 amide bonds. The molecule has 0 saturated heterocycles. The van der Waals surface area contributed by atoms with Gasteiger partial charge in [0.15, 0.2) is 0 Å². The van der Waals surface area contributed by atoms with Crippen LogP contribution in [0.4, 0.5) is 0 Å². The standard InChI is InChI=1S/C15H25NO2/c1-4-5-6-11-18-14-8-10-16(15(17)12-14)9-7-13(2)3/h8,10,12-13H,4-7,9,11H2,1-3H3. The highest BCUT2D eigenvalue weighted by atomic mass is 16.5. The van der Waals surface area contributed by atoms with Gasteiger partial charge in [-0.2, -0.15) is 0 Å². The molecule has 0 unspecified atom stereocenters. The Hall–Kier alpha value is -1.25. The highest BCUT2D eigenvalue weighted by Crippen LogP contribution is 2.08. The number of pyridine rings is 1. The zero-order chi connectivity index (χ0) is 13.4. The predicted molar refractivity (Wildman–Crippen MR) is 75.2 cm³/mol. The molecule has 0 atom stereocenters. The zero-order valence-corrected chi connectivity index (χ0v) is 11.8. The fourth-order valence-corrected chi connectivity index (χ4v) is 1.70. The van der Waals surface area contributed by atoms with Gasteiger partial charge in [-0.25, -0.2) is 0 Å². The number of hydrogen-bond acceptors (Lipinski definition) is 2. The number of unbranched alkanes of at least 4 members (excludes halogenated alkanes) is 2. The number of nitrogens with zero attached hydrogens (tertiary/aromatic N) is 1. The van der Waals surface area contributed by atoms with Crippen LogP contribution in [0.5, 0.6) is 5.75 Å². The van der Waals surface area contributed by atoms with E-state index in [-0.39, 0.29) is 5.56 Å². The number of aromatic nitrogens is 1. The van der Waals surface area contributed by atoms with E-state index < -0.39 is 0 Å². The van der Waals surface area contributed by atoms with Crippen molar-refractivity contribution in [3.8, 4) is 5.75 Å². The predicted octanol–water partition coefficient (Wildman–Crippen LogP) is 3.46. The Morgan fingerprint density at radius 1 is 1.33 bits per heavy atom. The molecule has 1 rings (SSSR count). The van der Waals surface area contributed by atoms with Crippen molar-refractivity contribution in [2.24, 2.45) is 5.92 Å². The lowest BCUT2D eigenvalue weighted by Crippen LogP contribution is -2.19. The molecule has 0 bridgehead atoms. The van der Waals surface area contributed by atoms with Crippen molar-refractivity contribution < 1.29 is 4.74 Å². The fourth-order valence-electron chi connectivity index (χ4n) is 1.70. The van der Waals surface area contributed by atoms with E-state index in [2.05, 4.69) is 20.8 Å². The first kappa shape index (κ1) is 14.8. The molecule has 0 spiro atoms. The highest BCUT2D eigenvalue weighted by Gasteiger charge is 2.01. The Balaban J connectivity index is 2.48. The number of hydrogen-bond donors (Lipinski definition) is 0. The summed E-state index contributed by atoms with van der Waals surface area (Å²) in [5.41, 5.74) is 0.0311. The minimum Gasteiger partial charge on any atom is -0.493 e. The average molecular weight is 251 g/mol. The van der Waals surface area contributed by atoms with Gasteiger partial charge in [0.25, 0.3) is 5.56 Å². The van der Waals surface area contributed by atoms with Gasteiger partial charge in [-0.1, -0.05) is 33.6 Å². The maximum atomic E-state index is 11.8. The van der Waals surface area contributed by atoms with Crippen molar-refractivity contribution in [1.29, 1.82) is 0 Å². The summed E-state index contributed by atoms with van der Waals surface area (Å²) in [6.07, 6.45) is 6.26. The quantitative estimate of drug-likeness (QED) is 0.662. The van der Waals surface area contributed by atoms with E-state index in [4.69, 9.17) is 4.74 Å². The maximum Gasteiger partial charge on any atom is 0.254 e. The van der Waals surface area contributed by atoms with Crippen molar-refractivity contribution in [2.75, 3.05) is 6.61 Å². The Morgan fingerprint density at radius 2 is 2.11 bits per heavy atom. The van der Waals surface area contributed by atoms with Crippen molar-refractivity contribution in [2.45, 2.75) is 53.0 Å². The van der Waals surface area contributed by atoms with Gasteiger partial charge in [0.2, 0.25) is 0 Å². The van der Waals surface area contributed by atoms with Crippen LogP contribution in [-0.4, -0.2) is 11.2 Å². The van der Waals surface area contributed by atoms with E-state index in [0.717, 1.165) is 19.4 Å². The van der Waals surface area contributed by atoms with Gasteiger partial charge in [-0.3, -0.25) is 4.79 Å². The third-order valence-electron chi connectivity index (χ3n) is 2.93. The first-order chi connectivity index (χ1) is 8.63. The average Bonchev–Trinajstić information content (AvgIpc) is 2.33. The molecule has 1 aromatic heterocycles.